The molecule has 1 atom stereocenters. The zero-order valence-electron chi connectivity index (χ0n) is 15.9. The van der Waals surface area contributed by atoms with Crippen molar-refractivity contribution in [2.75, 3.05) is 39.9 Å². The van der Waals surface area contributed by atoms with E-state index in [9.17, 15) is 0 Å². The Kier molecular flexibility index (Phi) is 5.50. The first-order valence-corrected chi connectivity index (χ1v) is 10.6. The SMILES string of the molecule is COC[C@H]1CN(Cc2cccs2)CC12CCN(Cc1ccc(C)o1)CC2. The second-order valence-corrected chi connectivity index (χ2v) is 9.08. The lowest BCUT2D eigenvalue weighted by Crippen LogP contribution is -2.44. The van der Waals surface area contributed by atoms with Crippen LogP contribution in [0.2, 0.25) is 0 Å². The summed E-state index contributed by atoms with van der Waals surface area (Å²) in [6.07, 6.45) is 2.53. The highest BCUT2D eigenvalue weighted by molar-refractivity contribution is 7.09. The molecule has 5 heteroatoms. The lowest BCUT2D eigenvalue weighted by Gasteiger charge is -2.42. The van der Waals surface area contributed by atoms with E-state index in [-0.39, 0.29) is 0 Å². The summed E-state index contributed by atoms with van der Waals surface area (Å²) in [4.78, 5) is 6.68. The highest BCUT2D eigenvalue weighted by Crippen LogP contribution is 2.45. The zero-order valence-corrected chi connectivity index (χ0v) is 16.8. The highest BCUT2D eigenvalue weighted by atomic mass is 32.1. The Morgan fingerprint density at radius 2 is 2.04 bits per heavy atom. The molecular formula is C21H30N2O2S. The Bertz CT molecular complexity index is 689. The maximum atomic E-state index is 5.77. The third-order valence-electron chi connectivity index (χ3n) is 6.24. The topological polar surface area (TPSA) is 28.9 Å². The van der Waals surface area contributed by atoms with Crippen LogP contribution < -0.4 is 0 Å². The van der Waals surface area contributed by atoms with Gasteiger partial charge in [-0.2, -0.15) is 0 Å². The molecule has 2 saturated heterocycles. The first kappa shape index (κ1) is 18.2. The average Bonchev–Trinajstić information content (AvgIpc) is 3.34. The molecule has 26 heavy (non-hydrogen) atoms. The number of rotatable bonds is 6. The zero-order chi connectivity index (χ0) is 18.0. The van der Waals surface area contributed by atoms with Crippen LogP contribution in [-0.4, -0.2) is 49.7 Å². The summed E-state index contributed by atoms with van der Waals surface area (Å²) in [5.74, 6) is 2.76. The quantitative estimate of drug-likeness (QED) is 0.764. The molecule has 2 aromatic rings. The number of nitrogens with zero attached hydrogens (tertiary/aromatic N) is 2. The Morgan fingerprint density at radius 1 is 1.19 bits per heavy atom. The van der Waals surface area contributed by atoms with Gasteiger partial charge < -0.3 is 9.15 Å². The smallest absolute Gasteiger partial charge is 0.118 e. The molecule has 0 N–H and O–H groups in total. The molecule has 0 saturated carbocycles. The van der Waals surface area contributed by atoms with Gasteiger partial charge in [-0.25, -0.2) is 0 Å². The number of piperidine rings is 1. The van der Waals surface area contributed by atoms with E-state index in [1.807, 2.05) is 25.4 Å². The molecule has 4 nitrogen and oxygen atoms in total. The van der Waals surface area contributed by atoms with Crippen molar-refractivity contribution in [2.45, 2.75) is 32.9 Å². The second kappa shape index (κ2) is 7.85. The highest BCUT2D eigenvalue weighted by Gasteiger charge is 2.47. The minimum atomic E-state index is 0.419. The third kappa shape index (κ3) is 3.91. The number of hydrogen-bond acceptors (Lipinski definition) is 5. The van der Waals surface area contributed by atoms with Gasteiger partial charge in [0, 0.05) is 37.5 Å². The van der Waals surface area contributed by atoms with Crippen LogP contribution in [0.1, 0.15) is 29.2 Å². The van der Waals surface area contributed by atoms with Gasteiger partial charge in [-0.05, 0) is 61.8 Å². The van der Waals surface area contributed by atoms with Crippen LogP contribution in [0, 0.1) is 18.3 Å². The van der Waals surface area contributed by atoms with E-state index >= 15 is 0 Å². The average molecular weight is 375 g/mol. The molecule has 0 bridgehead atoms. The molecule has 142 valence electrons. The lowest BCUT2D eigenvalue weighted by molar-refractivity contribution is 0.0331. The van der Waals surface area contributed by atoms with Crippen molar-refractivity contribution in [2.24, 2.45) is 11.3 Å². The van der Waals surface area contributed by atoms with Crippen LogP contribution in [0.3, 0.4) is 0 Å². The molecule has 0 aliphatic carbocycles. The van der Waals surface area contributed by atoms with E-state index in [1.165, 1.54) is 30.8 Å². The molecule has 0 radical (unpaired) electrons. The standard InChI is InChI=1S/C21H30N2O2S/c1-17-5-6-19(25-17)13-22-9-7-21(8-10-22)16-23(12-18(21)15-24-2)14-20-4-3-11-26-20/h3-6,11,18H,7-10,12-16H2,1-2H3/t18-/m1/s1. The third-order valence-corrected chi connectivity index (χ3v) is 7.10. The number of aryl methyl sites for hydroxylation is 1. The molecule has 2 aliphatic rings. The fourth-order valence-electron chi connectivity index (χ4n) is 4.83. The normalized spacial score (nSPS) is 23.8. The Morgan fingerprint density at radius 3 is 2.69 bits per heavy atom. The van der Waals surface area contributed by atoms with Gasteiger partial charge in [0.2, 0.25) is 0 Å². The van der Waals surface area contributed by atoms with Gasteiger partial charge in [0.25, 0.3) is 0 Å². The van der Waals surface area contributed by atoms with Gasteiger partial charge in [0.05, 0.1) is 13.2 Å². The predicted octanol–water partition coefficient (Wildman–Crippen LogP) is 4.01. The number of likely N-dealkylation sites (tertiary alicyclic amines) is 2. The van der Waals surface area contributed by atoms with Crippen molar-refractivity contribution in [3.05, 3.63) is 46.0 Å². The molecule has 0 unspecified atom stereocenters. The molecule has 2 fully saturated rings. The van der Waals surface area contributed by atoms with Crippen LogP contribution >= 0.6 is 11.3 Å². The van der Waals surface area contributed by atoms with E-state index in [1.54, 1.807) is 0 Å². The van der Waals surface area contributed by atoms with Crippen LogP contribution in [0.25, 0.3) is 0 Å². The fourth-order valence-corrected chi connectivity index (χ4v) is 5.58. The van der Waals surface area contributed by atoms with Crippen molar-refractivity contribution in [1.82, 2.24) is 9.80 Å². The molecule has 2 aliphatic heterocycles. The number of thiophene rings is 1. The van der Waals surface area contributed by atoms with Crippen molar-refractivity contribution in [1.29, 1.82) is 0 Å². The van der Waals surface area contributed by atoms with Crippen LogP contribution in [-0.2, 0) is 17.8 Å². The largest absolute Gasteiger partial charge is 0.465 e. The molecule has 4 heterocycles. The summed E-state index contributed by atoms with van der Waals surface area (Å²) in [6.45, 7) is 9.64. The van der Waals surface area contributed by atoms with E-state index in [0.29, 0.717) is 11.3 Å². The Hall–Kier alpha value is -1.14. The fraction of sp³-hybridized carbons (Fsp3) is 0.619. The minimum Gasteiger partial charge on any atom is -0.465 e. The minimum absolute atomic E-state index is 0.419. The van der Waals surface area contributed by atoms with Gasteiger partial charge in [0.15, 0.2) is 0 Å². The van der Waals surface area contributed by atoms with Gasteiger partial charge in [0.1, 0.15) is 11.5 Å². The van der Waals surface area contributed by atoms with Crippen molar-refractivity contribution in [3.63, 3.8) is 0 Å². The Balaban J connectivity index is 1.38. The summed E-state index contributed by atoms with van der Waals surface area (Å²) in [5, 5.41) is 2.18. The Labute approximate surface area is 160 Å². The van der Waals surface area contributed by atoms with E-state index < -0.39 is 0 Å². The van der Waals surface area contributed by atoms with Crippen LogP contribution in [0.4, 0.5) is 0 Å². The van der Waals surface area contributed by atoms with Gasteiger partial charge in [-0.3, -0.25) is 9.80 Å². The molecule has 2 aromatic heterocycles. The molecule has 4 rings (SSSR count). The summed E-state index contributed by atoms with van der Waals surface area (Å²) >= 11 is 1.87. The molecule has 0 amide bonds. The van der Waals surface area contributed by atoms with Gasteiger partial charge in [-0.15, -0.1) is 11.3 Å². The van der Waals surface area contributed by atoms with Crippen LogP contribution in [0.15, 0.2) is 34.1 Å². The first-order valence-electron chi connectivity index (χ1n) is 9.68. The van der Waals surface area contributed by atoms with Crippen molar-refractivity contribution < 1.29 is 9.15 Å². The number of hydrogen-bond donors (Lipinski definition) is 0. The summed E-state index contributed by atoms with van der Waals surface area (Å²) in [7, 11) is 1.85. The maximum Gasteiger partial charge on any atom is 0.118 e. The second-order valence-electron chi connectivity index (χ2n) is 8.05. The van der Waals surface area contributed by atoms with E-state index in [4.69, 9.17) is 9.15 Å². The number of furan rings is 1. The molecular weight excluding hydrogens is 344 g/mol. The monoisotopic (exact) mass is 374 g/mol. The molecule has 1 spiro atoms. The van der Waals surface area contributed by atoms with Gasteiger partial charge in [-0.1, -0.05) is 6.07 Å². The maximum absolute atomic E-state index is 5.77. The lowest BCUT2D eigenvalue weighted by atomic mass is 9.71. The first-order chi connectivity index (χ1) is 12.7. The molecule has 0 aromatic carbocycles. The summed E-state index contributed by atoms with van der Waals surface area (Å²) in [6, 6.07) is 8.60. The van der Waals surface area contributed by atoms with Crippen molar-refractivity contribution in [3.8, 4) is 0 Å². The van der Waals surface area contributed by atoms with E-state index in [2.05, 4.69) is 39.4 Å². The van der Waals surface area contributed by atoms with Gasteiger partial charge >= 0.3 is 0 Å². The van der Waals surface area contributed by atoms with Crippen molar-refractivity contribution >= 4 is 11.3 Å². The van der Waals surface area contributed by atoms with Crippen LogP contribution in [0.5, 0.6) is 0 Å². The number of ether oxygens (including phenoxy) is 1. The predicted molar refractivity (Wildman–Crippen MR) is 105 cm³/mol. The summed E-state index contributed by atoms with van der Waals surface area (Å²) in [5.41, 5.74) is 0.419. The summed E-state index contributed by atoms with van der Waals surface area (Å²) < 4.78 is 11.4. The number of methoxy groups -OCH3 is 1. The van der Waals surface area contributed by atoms with E-state index in [0.717, 1.165) is 44.3 Å².